The molecule has 1 aliphatic carbocycles. The molecule has 2 heterocycles. The number of nitrogens with one attached hydrogen (secondary N) is 2. The van der Waals surface area contributed by atoms with Crippen LogP contribution < -0.4 is 10.6 Å². The topological polar surface area (TPSA) is 63.2 Å². The van der Waals surface area contributed by atoms with Gasteiger partial charge < -0.3 is 15.4 Å². The van der Waals surface area contributed by atoms with E-state index < -0.39 is 6.09 Å². The Bertz CT molecular complexity index is 733. The standard InChI is InChI=1S/C17H18FN3O2S.ClH/c18-14-9-20-15(24-14)17(12-7-19-8-13(12)17)10-23-16(22)21-6-11-4-2-1-3-5-11;/h1-5,9,12-13,19H,6-8,10H2,(H,21,22);1H. The van der Waals surface area contributed by atoms with Gasteiger partial charge in [-0.3, -0.25) is 0 Å². The summed E-state index contributed by atoms with van der Waals surface area (Å²) in [4.78, 5) is 16.2. The SMILES string of the molecule is Cl.O=C(NCc1ccccc1)OCC1(c2ncc(F)s2)C2CNCC21. The van der Waals surface area contributed by atoms with Crippen molar-refractivity contribution < 1.29 is 13.9 Å². The Kier molecular flexibility index (Phi) is 5.27. The highest BCUT2D eigenvalue weighted by Crippen LogP contribution is 2.62. The van der Waals surface area contributed by atoms with Crippen LogP contribution in [0.15, 0.2) is 36.5 Å². The molecule has 1 saturated carbocycles. The predicted molar refractivity (Wildman–Crippen MR) is 95.5 cm³/mol. The van der Waals surface area contributed by atoms with E-state index in [1.165, 1.54) is 6.20 Å². The normalized spacial score (nSPS) is 26.4. The van der Waals surface area contributed by atoms with Crippen LogP contribution in [0, 0.1) is 17.0 Å². The first kappa shape index (κ1) is 18.1. The summed E-state index contributed by atoms with van der Waals surface area (Å²) in [5.41, 5.74) is 0.698. The number of carbonyl (C=O) groups is 1. The smallest absolute Gasteiger partial charge is 0.407 e. The Labute approximate surface area is 155 Å². The summed E-state index contributed by atoms with van der Waals surface area (Å²) in [6.07, 6.45) is 0.798. The molecule has 134 valence electrons. The van der Waals surface area contributed by atoms with Crippen molar-refractivity contribution >= 4 is 29.8 Å². The zero-order valence-corrected chi connectivity index (χ0v) is 15.0. The Morgan fingerprint density at radius 1 is 1.36 bits per heavy atom. The van der Waals surface area contributed by atoms with Crippen molar-refractivity contribution in [1.82, 2.24) is 15.6 Å². The first-order valence-electron chi connectivity index (χ1n) is 7.97. The summed E-state index contributed by atoms with van der Waals surface area (Å²) >= 11 is 1.06. The number of fused-ring (bicyclic) bond motifs is 1. The molecular weight excluding hydrogens is 365 g/mol. The average molecular weight is 384 g/mol. The fourth-order valence-corrected chi connectivity index (χ4v) is 4.66. The van der Waals surface area contributed by atoms with Gasteiger partial charge in [-0.15, -0.1) is 12.4 Å². The number of aromatic nitrogens is 1. The molecule has 1 saturated heterocycles. The lowest BCUT2D eigenvalue weighted by atomic mass is 10.0. The van der Waals surface area contributed by atoms with Crippen molar-refractivity contribution in [2.45, 2.75) is 12.0 Å². The summed E-state index contributed by atoms with van der Waals surface area (Å²) in [5, 5.41) is 6.52. The van der Waals surface area contributed by atoms with Crippen LogP contribution in [-0.2, 0) is 16.7 Å². The summed E-state index contributed by atoms with van der Waals surface area (Å²) in [7, 11) is 0. The average Bonchev–Trinajstić information content (AvgIpc) is 2.99. The summed E-state index contributed by atoms with van der Waals surface area (Å²) in [6, 6.07) is 9.66. The number of nitrogens with zero attached hydrogens (tertiary/aromatic N) is 1. The molecule has 0 bridgehead atoms. The third-order valence-corrected chi connectivity index (χ3v) is 6.01. The molecule has 1 aromatic heterocycles. The molecule has 1 aliphatic heterocycles. The number of carbonyl (C=O) groups excluding carboxylic acids is 1. The van der Waals surface area contributed by atoms with E-state index in [0.29, 0.717) is 18.4 Å². The maximum Gasteiger partial charge on any atom is 0.407 e. The third-order valence-electron chi connectivity index (χ3n) is 5.03. The van der Waals surface area contributed by atoms with Crippen LogP contribution in [0.25, 0.3) is 0 Å². The predicted octanol–water partition coefficient (Wildman–Crippen LogP) is 2.72. The molecule has 8 heteroatoms. The van der Waals surface area contributed by atoms with Gasteiger partial charge in [-0.2, -0.15) is 4.39 Å². The minimum Gasteiger partial charge on any atom is -0.448 e. The first-order chi connectivity index (χ1) is 11.7. The Hall–Kier alpha value is -1.70. The van der Waals surface area contributed by atoms with Crippen molar-refractivity contribution in [3.8, 4) is 0 Å². The second-order valence-corrected chi connectivity index (χ2v) is 7.28. The maximum absolute atomic E-state index is 13.4. The summed E-state index contributed by atoms with van der Waals surface area (Å²) in [5.74, 6) is 0.731. The molecule has 4 rings (SSSR count). The molecule has 1 amide bonds. The van der Waals surface area contributed by atoms with Crippen LogP contribution in [0.1, 0.15) is 10.6 Å². The molecule has 0 spiro atoms. The highest BCUT2D eigenvalue weighted by atomic mass is 35.5. The van der Waals surface area contributed by atoms with Crippen molar-refractivity contribution in [2.75, 3.05) is 19.7 Å². The minimum absolute atomic E-state index is 0. The molecule has 0 radical (unpaired) electrons. The molecule has 5 nitrogen and oxygen atoms in total. The minimum atomic E-state index is -0.451. The molecule has 1 aromatic carbocycles. The van der Waals surface area contributed by atoms with Gasteiger partial charge in [0.2, 0.25) is 0 Å². The molecule has 2 N–H and O–H groups in total. The van der Waals surface area contributed by atoms with Gasteiger partial charge in [-0.1, -0.05) is 41.7 Å². The van der Waals surface area contributed by atoms with E-state index in [1.807, 2.05) is 30.3 Å². The van der Waals surface area contributed by atoms with E-state index in [0.717, 1.165) is 35.0 Å². The van der Waals surface area contributed by atoms with Gasteiger partial charge in [0.25, 0.3) is 0 Å². The Balaban J connectivity index is 0.00000182. The number of thiazole rings is 1. The van der Waals surface area contributed by atoms with Crippen LogP contribution in [-0.4, -0.2) is 30.8 Å². The van der Waals surface area contributed by atoms with E-state index in [4.69, 9.17) is 4.74 Å². The van der Waals surface area contributed by atoms with Crippen molar-refractivity contribution in [3.05, 3.63) is 52.2 Å². The third kappa shape index (κ3) is 3.36. The monoisotopic (exact) mass is 383 g/mol. The van der Waals surface area contributed by atoms with Crippen LogP contribution in [0.2, 0.25) is 0 Å². The number of amides is 1. The molecule has 2 atom stereocenters. The van der Waals surface area contributed by atoms with Gasteiger partial charge in [0.15, 0.2) is 5.13 Å². The fourth-order valence-electron chi connectivity index (χ4n) is 3.72. The van der Waals surface area contributed by atoms with Gasteiger partial charge in [-0.25, -0.2) is 9.78 Å². The van der Waals surface area contributed by atoms with E-state index >= 15 is 0 Å². The highest BCUT2D eigenvalue weighted by molar-refractivity contribution is 7.10. The number of ether oxygens (including phenoxy) is 1. The summed E-state index contributed by atoms with van der Waals surface area (Å²) in [6.45, 7) is 2.40. The molecule has 2 unspecified atom stereocenters. The Morgan fingerprint density at radius 2 is 2.08 bits per heavy atom. The van der Waals surface area contributed by atoms with E-state index in [2.05, 4.69) is 15.6 Å². The lowest BCUT2D eigenvalue weighted by Crippen LogP contribution is -2.33. The van der Waals surface area contributed by atoms with Gasteiger partial charge in [-0.05, 0) is 30.5 Å². The van der Waals surface area contributed by atoms with Crippen LogP contribution in [0.5, 0.6) is 0 Å². The number of hydrogen-bond acceptors (Lipinski definition) is 5. The quantitative estimate of drug-likeness (QED) is 0.833. The van der Waals surface area contributed by atoms with Gasteiger partial charge in [0.1, 0.15) is 11.6 Å². The molecule has 25 heavy (non-hydrogen) atoms. The van der Waals surface area contributed by atoms with Crippen molar-refractivity contribution in [3.63, 3.8) is 0 Å². The number of halogens is 2. The number of alkyl carbamates (subject to hydrolysis) is 1. The first-order valence-corrected chi connectivity index (χ1v) is 8.79. The van der Waals surface area contributed by atoms with Crippen LogP contribution in [0.3, 0.4) is 0 Å². The zero-order chi connectivity index (χ0) is 16.6. The number of hydrogen-bond donors (Lipinski definition) is 2. The zero-order valence-electron chi connectivity index (χ0n) is 13.4. The van der Waals surface area contributed by atoms with Gasteiger partial charge >= 0.3 is 6.09 Å². The van der Waals surface area contributed by atoms with E-state index in [-0.39, 0.29) is 29.6 Å². The van der Waals surface area contributed by atoms with Crippen molar-refractivity contribution in [1.29, 1.82) is 0 Å². The molecule has 2 aromatic rings. The number of piperidine rings is 1. The number of rotatable bonds is 5. The lowest BCUT2D eigenvalue weighted by Gasteiger charge is -2.19. The molecule has 2 aliphatic rings. The molecular formula is C17H19ClFN3O2S. The van der Waals surface area contributed by atoms with E-state index in [1.54, 1.807) is 0 Å². The van der Waals surface area contributed by atoms with Crippen molar-refractivity contribution in [2.24, 2.45) is 11.8 Å². The largest absolute Gasteiger partial charge is 0.448 e. The van der Waals surface area contributed by atoms with Gasteiger partial charge in [0, 0.05) is 6.54 Å². The maximum atomic E-state index is 13.4. The Morgan fingerprint density at radius 3 is 2.72 bits per heavy atom. The second kappa shape index (κ2) is 7.27. The summed E-state index contributed by atoms with van der Waals surface area (Å²) < 4.78 is 18.8. The van der Waals surface area contributed by atoms with E-state index in [9.17, 15) is 9.18 Å². The lowest BCUT2D eigenvalue weighted by molar-refractivity contribution is 0.128. The van der Waals surface area contributed by atoms with Crippen LogP contribution in [0.4, 0.5) is 9.18 Å². The van der Waals surface area contributed by atoms with Gasteiger partial charge in [0.05, 0.1) is 11.6 Å². The van der Waals surface area contributed by atoms with Crippen LogP contribution >= 0.6 is 23.7 Å². The second-order valence-electron chi connectivity index (χ2n) is 6.30. The highest BCUT2D eigenvalue weighted by Gasteiger charge is 2.69. The fraction of sp³-hybridized carbons (Fsp3) is 0.412. The number of benzene rings is 1. The molecule has 2 fully saturated rings.